The van der Waals surface area contributed by atoms with Gasteiger partial charge in [0.2, 0.25) is 0 Å². The van der Waals surface area contributed by atoms with Crippen molar-refractivity contribution in [1.29, 1.82) is 0 Å². The third-order valence-corrected chi connectivity index (χ3v) is 16.1. The predicted octanol–water partition coefficient (Wildman–Crippen LogP) is 18.1. The molecule has 68 heavy (non-hydrogen) atoms. The molecule has 2 heteroatoms. The summed E-state index contributed by atoms with van der Waals surface area (Å²) in [6.45, 7) is 14.8. The maximum Gasteiger partial charge on any atom is 0.0540 e. The Morgan fingerprint density at radius 3 is 1.37 bits per heavy atom. The molecule has 0 saturated heterocycles. The second-order valence-corrected chi connectivity index (χ2v) is 20.6. The molecule has 0 radical (unpaired) electrons. The average Bonchev–Trinajstić information content (AvgIpc) is 3.74. The van der Waals surface area contributed by atoms with E-state index in [9.17, 15) is 0 Å². The van der Waals surface area contributed by atoms with E-state index in [1.54, 1.807) is 0 Å². The minimum atomic E-state index is -0.257. The normalized spacial score (nSPS) is 17.4. The Morgan fingerprint density at radius 2 is 0.882 bits per heavy atom. The zero-order valence-electron chi connectivity index (χ0n) is 39.7. The Bertz CT molecular complexity index is 3630. The summed E-state index contributed by atoms with van der Waals surface area (Å²) >= 11 is 0. The van der Waals surface area contributed by atoms with Crippen molar-refractivity contribution in [3.05, 3.63) is 245 Å². The van der Waals surface area contributed by atoms with Crippen LogP contribution >= 0.6 is 0 Å². The van der Waals surface area contributed by atoms with Crippen LogP contribution in [0, 0.1) is 12.8 Å². The second-order valence-electron chi connectivity index (χ2n) is 20.6. The minimum Gasteiger partial charge on any atom is -0.310 e. The number of anilines is 5. The van der Waals surface area contributed by atoms with Crippen molar-refractivity contribution in [2.24, 2.45) is 5.92 Å². The van der Waals surface area contributed by atoms with E-state index in [0.717, 1.165) is 0 Å². The van der Waals surface area contributed by atoms with E-state index in [4.69, 9.17) is 0 Å². The lowest BCUT2D eigenvalue weighted by Gasteiger charge is -2.38. The molecule has 2 unspecified atom stereocenters. The van der Waals surface area contributed by atoms with Crippen molar-refractivity contribution < 1.29 is 0 Å². The smallest absolute Gasteiger partial charge is 0.0540 e. The third kappa shape index (κ3) is 5.83. The van der Waals surface area contributed by atoms with Crippen LogP contribution in [0.25, 0.3) is 54.2 Å². The Balaban J connectivity index is 0.977. The lowest BCUT2D eigenvalue weighted by atomic mass is 9.69. The van der Waals surface area contributed by atoms with Crippen LogP contribution in [-0.2, 0) is 10.8 Å². The standard InChI is InChI=1S/C66H54N2/c1-41-37-47(67(57-31-15-23-43-19-7-11-27-49(43)57)58-32-16-24-44-20-8-12-28-50(44)58)39-55-61(41)53-35-36-54-62-42(2)38-48(40-56(62)66(5,6)64(54)63(53)65(55,3)4)68(59-33-17-25-45-21-9-13-29-51(45)59)60-34-18-26-46-22-10-14-30-52(46)60/h7-40,55,61H,1-6H3. The lowest BCUT2D eigenvalue weighted by molar-refractivity contribution is 0.380. The third-order valence-electron chi connectivity index (χ3n) is 16.1. The molecule has 0 spiro atoms. The van der Waals surface area contributed by atoms with E-state index in [2.05, 4.69) is 258 Å². The molecule has 10 aromatic rings. The second kappa shape index (κ2) is 14.9. The monoisotopic (exact) mass is 874 g/mol. The number of benzene rings is 10. The van der Waals surface area contributed by atoms with Crippen LogP contribution in [-0.4, -0.2) is 0 Å². The number of allylic oxidation sites excluding steroid dienone is 3. The highest BCUT2D eigenvalue weighted by atomic mass is 15.2. The zero-order chi connectivity index (χ0) is 46.1. The minimum absolute atomic E-state index is 0.163. The molecule has 0 heterocycles. The van der Waals surface area contributed by atoms with Crippen LogP contribution in [0.1, 0.15) is 68.4 Å². The molecule has 0 fully saturated rings. The van der Waals surface area contributed by atoms with Gasteiger partial charge in [-0.1, -0.05) is 197 Å². The summed E-state index contributed by atoms with van der Waals surface area (Å²) in [5, 5.41) is 9.93. The van der Waals surface area contributed by atoms with E-state index in [0.29, 0.717) is 0 Å². The molecule has 2 nitrogen and oxygen atoms in total. The Kier molecular flexibility index (Phi) is 8.90. The topological polar surface area (TPSA) is 6.48 Å². The highest BCUT2D eigenvalue weighted by Gasteiger charge is 2.52. The summed E-state index contributed by atoms with van der Waals surface area (Å²) in [4.78, 5) is 5.08. The summed E-state index contributed by atoms with van der Waals surface area (Å²) in [6, 6.07) is 72.2. The molecule has 0 N–H and O–H groups in total. The number of hydrogen-bond donors (Lipinski definition) is 0. The zero-order valence-corrected chi connectivity index (χ0v) is 39.7. The van der Waals surface area contributed by atoms with Crippen molar-refractivity contribution in [3.8, 4) is 11.1 Å². The van der Waals surface area contributed by atoms with Crippen LogP contribution in [0.15, 0.2) is 218 Å². The van der Waals surface area contributed by atoms with Crippen LogP contribution in [0.5, 0.6) is 0 Å². The average molecular weight is 875 g/mol. The lowest BCUT2D eigenvalue weighted by Crippen LogP contribution is -2.31. The van der Waals surface area contributed by atoms with Gasteiger partial charge in [0.05, 0.1) is 22.7 Å². The molecule has 13 rings (SSSR count). The molecule has 328 valence electrons. The first-order valence-corrected chi connectivity index (χ1v) is 24.3. The Morgan fingerprint density at radius 1 is 0.441 bits per heavy atom. The molecule has 0 aromatic heterocycles. The molecule has 0 bridgehead atoms. The van der Waals surface area contributed by atoms with Gasteiger partial charge in [0.15, 0.2) is 0 Å². The number of hydrogen-bond acceptors (Lipinski definition) is 2. The number of rotatable bonds is 6. The maximum absolute atomic E-state index is 2.64. The van der Waals surface area contributed by atoms with Crippen LogP contribution in [0.2, 0.25) is 0 Å². The largest absolute Gasteiger partial charge is 0.310 e. The molecular weight excluding hydrogens is 821 g/mol. The Labute approximate surface area is 400 Å². The number of fused-ring (bicyclic) bond motifs is 11. The van der Waals surface area contributed by atoms with Gasteiger partial charge in [-0.15, -0.1) is 0 Å². The van der Waals surface area contributed by atoms with E-state index in [1.165, 1.54) is 122 Å². The molecule has 3 aliphatic rings. The van der Waals surface area contributed by atoms with E-state index < -0.39 is 0 Å². The SMILES string of the molecule is CC1=CC(N(c2cccc3ccccc23)c2cccc3ccccc23)=CC2C1c1ccc3c(c1C2(C)C)C(C)(C)c1cc(N(c2cccc4ccccc24)c2cccc4ccccc24)cc(C)c1-3. The van der Waals surface area contributed by atoms with Crippen LogP contribution in [0.3, 0.4) is 0 Å². The number of nitrogens with zero attached hydrogens (tertiary/aromatic N) is 2. The Hall–Kier alpha value is -7.68. The molecule has 3 aliphatic carbocycles. The van der Waals surface area contributed by atoms with Gasteiger partial charge in [0.25, 0.3) is 0 Å². The van der Waals surface area contributed by atoms with Gasteiger partial charge in [-0.3, -0.25) is 0 Å². The van der Waals surface area contributed by atoms with Crippen molar-refractivity contribution in [1.82, 2.24) is 0 Å². The summed E-state index contributed by atoms with van der Waals surface area (Å²) < 4.78 is 0. The summed E-state index contributed by atoms with van der Waals surface area (Å²) in [5.74, 6) is 0.529. The van der Waals surface area contributed by atoms with Crippen molar-refractivity contribution >= 4 is 71.5 Å². The summed E-state index contributed by atoms with van der Waals surface area (Å²) in [5.41, 5.74) is 18.2. The van der Waals surface area contributed by atoms with Gasteiger partial charge >= 0.3 is 0 Å². The van der Waals surface area contributed by atoms with Gasteiger partial charge in [-0.2, -0.15) is 0 Å². The molecular formula is C66H54N2. The molecule has 0 saturated carbocycles. The van der Waals surface area contributed by atoms with E-state index in [-0.39, 0.29) is 22.7 Å². The fourth-order valence-electron chi connectivity index (χ4n) is 13.0. The number of aryl methyl sites for hydroxylation is 1. The fourth-order valence-corrected chi connectivity index (χ4v) is 13.0. The molecule has 2 atom stereocenters. The van der Waals surface area contributed by atoms with Crippen molar-refractivity contribution in [3.63, 3.8) is 0 Å². The van der Waals surface area contributed by atoms with Crippen molar-refractivity contribution in [2.45, 2.75) is 58.3 Å². The fraction of sp³-hybridized carbons (Fsp3) is 0.152. The van der Waals surface area contributed by atoms with E-state index in [1.807, 2.05) is 0 Å². The summed E-state index contributed by atoms with van der Waals surface area (Å²) in [7, 11) is 0. The molecule has 10 aromatic carbocycles. The molecule has 0 amide bonds. The van der Waals surface area contributed by atoms with Crippen LogP contribution in [0.4, 0.5) is 28.4 Å². The van der Waals surface area contributed by atoms with E-state index >= 15 is 0 Å². The van der Waals surface area contributed by atoms with Gasteiger partial charge in [0.1, 0.15) is 0 Å². The van der Waals surface area contributed by atoms with Gasteiger partial charge < -0.3 is 9.80 Å². The highest BCUT2D eigenvalue weighted by Crippen LogP contribution is 2.63. The molecule has 0 aliphatic heterocycles. The van der Waals surface area contributed by atoms with Gasteiger partial charge in [0, 0.05) is 44.3 Å². The maximum atomic E-state index is 2.64. The highest BCUT2D eigenvalue weighted by molar-refractivity contribution is 6.06. The van der Waals surface area contributed by atoms with Crippen LogP contribution < -0.4 is 9.80 Å². The predicted molar refractivity (Wildman–Crippen MR) is 290 cm³/mol. The van der Waals surface area contributed by atoms with Gasteiger partial charge in [-0.05, 0) is 128 Å². The quantitative estimate of drug-likeness (QED) is 0.164. The first kappa shape index (κ1) is 40.6. The first-order chi connectivity index (χ1) is 33.1. The van der Waals surface area contributed by atoms with Gasteiger partial charge in [-0.25, -0.2) is 0 Å². The van der Waals surface area contributed by atoms with Crippen molar-refractivity contribution in [2.75, 3.05) is 9.80 Å². The summed E-state index contributed by atoms with van der Waals surface area (Å²) in [6.07, 6.45) is 5.13. The first-order valence-electron chi connectivity index (χ1n) is 24.3.